The number of fused-ring (bicyclic) bond motifs is 1. The van der Waals surface area contributed by atoms with Gasteiger partial charge in [-0.15, -0.1) is 0 Å². The summed E-state index contributed by atoms with van der Waals surface area (Å²) in [6.45, 7) is 0.278. The molecule has 0 spiro atoms. The number of amides is 2. The lowest BCUT2D eigenvalue weighted by atomic mass is 10.1. The van der Waals surface area contributed by atoms with E-state index in [0.717, 1.165) is 16.2 Å². The van der Waals surface area contributed by atoms with Crippen LogP contribution < -0.4 is 10.2 Å². The van der Waals surface area contributed by atoms with Crippen molar-refractivity contribution >= 4 is 40.3 Å². The number of hydrogen-bond donors (Lipinski definition) is 1. The van der Waals surface area contributed by atoms with E-state index in [0.29, 0.717) is 17.0 Å². The van der Waals surface area contributed by atoms with Gasteiger partial charge in [-0.05, 0) is 36.4 Å². The lowest BCUT2D eigenvalue weighted by molar-refractivity contribution is -0.115. The zero-order chi connectivity index (χ0) is 21.8. The number of benzene rings is 2. The van der Waals surface area contributed by atoms with Crippen LogP contribution in [0.4, 0.5) is 5.69 Å². The van der Waals surface area contributed by atoms with Crippen LogP contribution in [0.25, 0.3) is 11.0 Å². The molecule has 2 aromatic heterocycles. The van der Waals surface area contributed by atoms with E-state index < -0.39 is 0 Å². The molecular weight excluding hydrogens is 412 g/mol. The van der Waals surface area contributed by atoms with E-state index in [4.69, 9.17) is 4.42 Å². The summed E-state index contributed by atoms with van der Waals surface area (Å²) in [4.78, 5) is 31.7. The Hall–Kier alpha value is -3.52. The second-order valence-corrected chi connectivity index (χ2v) is 7.91. The minimum atomic E-state index is -0.269. The molecule has 2 aromatic carbocycles. The number of rotatable bonds is 7. The Morgan fingerprint density at radius 2 is 1.87 bits per heavy atom. The molecule has 0 bridgehead atoms. The zero-order valence-electron chi connectivity index (χ0n) is 17.2. The zero-order valence-corrected chi connectivity index (χ0v) is 18.1. The Balaban J connectivity index is 1.44. The highest BCUT2D eigenvalue weighted by molar-refractivity contribution is 7.99. The first-order valence-corrected chi connectivity index (χ1v) is 10.7. The molecule has 0 radical (unpaired) electrons. The van der Waals surface area contributed by atoms with Gasteiger partial charge in [-0.3, -0.25) is 9.59 Å². The van der Waals surface area contributed by atoms with Crippen molar-refractivity contribution in [2.75, 3.05) is 17.7 Å². The van der Waals surface area contributed by atoms with Crippen LogP contribution >= 0.6 is 11.8 Å². The quantitative estimate of drug-likeness (QED) is 0.447. The van der Waals surface area contributed by atoms with Crippen molar-refractivity contribution in [2.24, 2.45) is 7.05 Å². The van der Waals surface area contributed by atoms with Gasteiger partial charge in [0.15, 0.2) is 5.16 Å². The molecule has 8 heteroatoms. The van der Waals surface area contributed by atoms with Gasteiger partial charge < -0.3 is 19.2 Å². The van der Waals surface area contributed by atoms with E-state index in [1.807, 2.05) is 35.9 Å². The topological polar surface area (TPSA) is 80.4 Å². The van der Waals surface area contributed by atoms with E-state index >= 15 is 0 Å². The number of nitrogens with one attached hydrogen (secondary N) is 1. The van der Waals surface area contributed by atoms with Crippen LogP contribution in [0.15, 0.2) is 76.5 Å². The summed E-state index contributed by atoms with van der Waals surface area (Å²) in [7, 11) is 3.61. The number of furan rings is 1. The maximum Gasteiger partial charge on any atom is 0.253 e. The molecule has 7 nitrogen and oxygen atoms in total. The lowest BCUT2D eigenvalue weighted by Gasteiger charge is -2.20. The van der Waals surface area contributed by atoms with Gasteiger partial charge in [0, 0.05) is 14.1 Å². The molecule has 158 valence electrons. The molecule has 4 aromatic rings. The molecule has 1 N–H and O–H groups in total. The highest BCUT2D eigenvalue weighted by Crippen LogP contribution is 2.25. The van der Waals surface area contributed by atoms with Gasteiger partial charge in [-0.2, -0.15) is 0 Å². The number of imidazole rings is 1. The van der Waals surface area contributed by atoms with Gasteiger partial charge in [-0.25, -0.2) is 4.98 Å². The third kappa shape index (κ3) is 4.49. The van der Waals surface area contributed by atoms with Crippen LogP contribution in [0, 0.1) is 0 Å². The molecule has 0 aliphatic heterocycles. The number of para-hydroxylation sites is 3. The molecule has 0 aliphatic carbocycles. The highest BCUT2D eigenvalue weighted by Gasteiger charge is 2.19. The second kappa shape index (κ2) is 9.09. The number of aromatic nitrogens is 2. The van der Waals surface area contributed by atoms with Crippen LogP contribution in [0.3, 0.4) is 0 Å². The van der Waals surface area contributed by atoms with E-state index in [-0.39, 0.29) is 24.1 Å². The summed E-state index contributed by atoms with van der Waals surface area (Å²) >= 11 is 1.37. The number of anilines is 1. The first-order valence-electron chi connectivity index (χ1n) is 9.75. The van der Waals surface area contributed by atoms with E-state index in [2.05, 4.69) is 10.3 Å². The van der Waals surface area contributed by atoms with Gasteiger partial charge in [0.2, 0.25) is 5.91 Å². The second-order valence-electron chi connectivity index (χ2n) is 6.96. The number of thioether (sulfide) groups is 1. The molecular formula is C23H22N4O3S. The fourth-order valence-corrected chi connectivity index (χ4v) is 4.15. The van der Waals surface area contributed by atoms with Crippen LogP contribution in [-0.4, -0.2) is 34.2 Å². The largest absolute Gasteiger partial charge is 0.467 e. The maximum absolute atomic E-state index is 12.9. The predicted molar refractivity (Wildman–Crippen MR) is 121 cm³/mol. The number of carbonyl (C=O) groups is 2. The number of hydrogen-bond acceptors (Lipinski definition) is 5. The van der Waals surface area contributed by atoms with Gasteiger partial charge >= 0.3 is 0 Å². The van der Waals surface area contributed by atoms with Gasteiger partial charge in [0.1, 0.15) is 5.76 Å². The molecule has 4 rings (SSSR count). The summed E-state index contributed by atoms with van der Waals surface area (Å²) in [5, 5.41) is 3.60. The first kappa shape index (κ1) is 20.7. The normalized spacial score (nSPS) is 10.9. The summed E-state index contributed by atoms with van der Waals surface area (Å²) in [6, 6.07) is 18.5. The molecule has 0 aliphatic rings. The van der Waals surface area contributed by atoms with Crippen molar-refractivity contribution in [1.29, 1.82) is 0 Å². The fourth-order valence-electron chi connectivity index (χ4n) is 3.24. The van der Waals surface area contributed by atoms with E-state index in [1.54, 1.807) is 49.7 Å². The van der Waals surface area contributed by atoms with Crippen LogP contribution in [0.1, 0.15) is 16.1 Å². The Bertz CT molecular complexity index is 1220. The van der Waals surface area contributed by atoms with Crippen molar-refractivity contribution in [2.45, 2.75) is 11.7 Å². The van der Waals surface area contributed by atoms with Gasteiger partial charge in [0.25, 0.3) is 5.91 Å². The number of aryl methyl sites for hydroxylation is 1. The van der Waals surface area contributed by atoms with Crippen LogP contribution in [0.5, 0.6) is 0 Å². The van der Waals surface area contributed by atoms with E-state index in [1.165, 1.54) is 16.7 Å². The Kier molecular flexibility index (Phi) is 6.08. The summed E-state index contributed by atoms with van der Waals surface area (Å²) in [5.74, 6) is 0.475. The number of nitrogens with zero attached hydrogens (tertiary/aromatic N) is 3. The molecule has 0 unspecified atom stereocenters. The molecule has 2 heterocycles. The average molecular weight is 435 g/mol. The number of carbonyl (C=O) groups excluding carboxylic acids is 2. The SMILES string of the molecule is CN(C(=O)CSc1nc2ccccc2n1C)c1ccccc1C(=O)NCc1ccco1. The summed E-state index contributed by atoms with van der Waals surface area (Å²) in [6.07, 6.45) is 1.56. The Labute approximate surface area is 184 Å². The van der Waals surface area contributed by atoms with Crippen molar-refractivity contribution in [3.8, 4) is 0 Å². The molecule has 31 heavy (non-hydrogen) atoms. The van der Waals surface area contributed by atoms with Crippen molar-refractivity contribution in [1.82, 2.24) is 14.9 Å². The Morgan fingerprint density at radius 3 is 2.65 bits per heavy atom. The Morgan fingerprint density at radius 1 is 1.10 bits per heavy atom. The maximum atomic E-state index is 12.9. The third-order valence-electron chi connectivity index (χ3n) is 4.96. The van der Waals surface area contributed by atoms with Gasteiger partial charge in [-0.1, -0.05) is 36.0 Å². The predicted octanol–water partition coefficient (Wildman–Crippen LogP) is 3.85. The third-order valence-corrected chi connectivity index (χ3v) is 5.97. The molecule has 2 amide bonds. The fraction of sp³-hybridized carbons (Fsp3) is 0.174. The molecule has 0 fully saturated rings. The minimum Gasteiger partial charge on any atom is -0.467 e. The summed E-state index contributed by atoms with van der Waals surface area (Å²) in [5.41, 5.74) is 2.89. The van der Waals surface area contributed by atoms with Crippen molar-refractivity contribution in [3.05, 3.63) is 78.3 Å². The first-order chi connectivity index (χ1) is 15.0. The molecule has 0 saturated heterocycles. The lowest BCUT2D eigenvalue weighted by Crippen LogP contribution is -2.31. The van der Waals surface area contributed by atoms with E-state index in [9.17, 15) is 9.59 Å². The van der Waals surface area contributed by atoms with Crippen LogP contribution in [-0.2, 0) is 18.4 Å². The molecule has 0 saturated carbocycles. The average Bonchev–Trinajstić information content (AvgIpc) is 3.43. The standard InChI is InChI=1S/C23H22N4O3S/c1-26(21(28)15-31-23-25-18-10-4-6-12-20(18)27(23)2)19-11-5-3-9-17(19)22(29)24-14-16-8-7-13-30-16/h3-13H,14-15H2,1-2H3,(H,24,29). The monoisotopic (exact) mass is 434 g/mol. The van der Waals surface area contributed by atoms with Gasteiger partial charge in [0.05, 0.1) is 40.8 Å². The smallest absolute Gasteiger partial charge is 0.253 e. The van der Waals surface area contributed by atoms with Crippen molar-refractivity contribution in [3.63, 3.8) is 0 Å². The highest BCUT2D eigenvalue weighted by atomic mass is 32.2. The molecule has 0 atom stereocenters. The summed E-state index contributed by atoms with van der Waals surface area (Å²) < 4.78 is 7.23. The minimum absolute atomic E-state index is 0.122. The van der Waals surface area contributed by atoms with Crippen molar-refractivity contribution < 1.29 is 14.0 Å². The van der Waals surface area contributed by atoms with Crippen LogP contribution in [0.2, 0.25) is 0 Å².